The van der Waals surface area contributed by atoms with Crippen LogP contribution in [0.4, 0.5) is 5.69 Å². The summed E-state index contributed by atoms with van der Waals surface area (Å²) in [4.78, 5) is 10.3. The minimum atomic E-state index is -0.416. The van der Waals surface area contributed by atoms with E-state index in [1.165, 1.54) is 12.1 Å². The number of hydrogen-bond acceptors (Lipinski definition) is 3. The molecule has 98 valence electrons. The summed E-state index contributed by atoms with van der Waals surface area (Å²) in [5, 5.41) is 10.7. The lowest BCUT2D eigenvalue weighted by molar-refractivity contribution is -0.384. The Bertz CT molecular complexity index is 641. The zero-order valence-corrected chi connectivity index (χ0v) is 12.1. The maximum absolute atomic E-state index is 10.7. The van der Waals surface area contributed by atoms with Gasteiger partial charge in [0.05, 0.1) is 4.92 Å². The zero-order valence-electron chi connectivity index (χ0n) is 10.5. The number of benzene rings is 2. The van der Waals surface area contributed by atoms with Gasteiger partial charge in [0.2, 0.25) is 0 Å². The van der Waals surface area contributed by atoms with Gasteiger partial charge in [0.15, 0.2) is 0 Å². The molecule has 0 heterocycles. The molecule has 0 fully saturated rings. The number of nitro groups is 1. The molecule has 0 bridgehead atoms. The second kappa shape index (κ2) is 5.40. The average molecular weight is 322 g/mol. The molecule has 4 nitrogen and oxygen atoms in total. The molecule has 0 aliphatic heterocycles. The molecule has 0 radical (unpaired) electrons. The van der Waals surface area contributed by atoms with Gasteiger partial charge in [-0.15, -0.1) is 0 Å². The van der Waals surface area contributed by atoms with Crippen LogP contribution < -0.4 is 4.74 Å². The summed E-state index contributed by atoms with van der Waals surface area (Å²) in [5.41, 5.74) is 1.80. The van der Waals surface area contributed by atoms with Gasteiger partial charge in [-0.1, -0.05) is 22.0 Å². The first-order chi connectivity index (χ1) is 8.97. The number of non-ortho nitro benzene ring substituents is 1. The molecule has 0 amide bonds. The van der Waals surface area contributed by atoms with Gasteiger partial charge in [-0.05, 0) is 43.2 Å². The van der Waals surface area contributed by atoms with Crippen molar-refractivity contribution in [1.29, 1.82) is 0 Å². The molecular weight excluding hydrogens is 310 g/mol. The highest BCUT2D eigenvalue weighted by atomic mass is 79.9. The van der Waals surface area contributed by atoms with E-state index in [9.17, 15) is 10.1 Å². The minimum Gasteiger partial charge on any atom is -0.457 e. The van der Waals surface area contributed by atoms with Crippen molar-refractivity contribution < 1.29 is 9.66 Å². The Balaban J connectivity index is 2.33. The van der Waals surface area contributed by atoms with Crippen LogP contribution in [-0.4, -0.2) is 4.92 Å². The Morgan fingerprint density at radius 1 is 1.05 bits per heavy atom. The van der Waals surface area contributed by atoms with Crippen LogP contribution in [0.15, 0.2) is 40.9 Å². The molecule has 0 atom stereocenters. The van der Waals surface area contributed by atoms with Gasteiger partial charge in [0, 0.05) is 16.6 Å². The number of halogens is 1. The van der Waals surface area contributed by atoms with Crippen LogP contribution in [0.5, 0.6) is 11.5 Å². The summed E-state index contributed by atoms with van der Waals surface area (Å²) in [7, 11) is 0. The third kappa shape index (κ3) is 3.12. The highest BCUT2D eigenvalue weighted by Crippen LogP contribution is 2.31. The van der Waals surface area contributed by atoms with Crippen LogP contribution in [0, 0.1) is 24.0 Å². The Labute approximate surface area is 119 Å². The summed E-state index contributed by atoms with van der Waals surface area (Å²) in [6.07, 6.45) is 0. The summed E-state index contributed by atoms with van der Waals surface area (Å²) >= 11 is 3.39. The highest BCUT2D eigenvalue weighted by molar-refractivity contribution is 9.10. The van der Waals surface area contributed by atoms with E-state index in [2.05, 4.69) is 15.9 Å². The van der Waals surface area contributed by atoms with Gasteiger partial charge in [0.1, 0.15) is 11.5 Å². The maximum atomic E-state index is 10.7. The predicted octanol–water partition coefficient (Wildman–Crippen LogP) is 4.77. The van der Waals surface area contributed by atoms with E-state index in [0.717, 1.165) is 21.3 Å². The van der Waals surface area contributed by atoms with Crippen LogP contribution >= 0.6 is 15.9 Å². The summed E-state index contributed by atoms with van der Waals surface area (Å²) < 4.78 is 6.73. The first-order valence-electron chi connectivity index (χ1n) is 5.66. The molecule has 0 aromatic heterocycles. The van der Waals surface area contributed by atoms with E-state index in [-0.39, 0.29) is 5.69 Å². The Kier molecular flexibility index (Phi) is 3.85. The number of aryl methyl sites for hydroxylation is 2. The first kappa shape index (κ1) is 13.5. The van der Waals surface area contributed by atoms with Crippen LogP contribution in [0.25, 0.3) is 0 Å². The Morgan fingerprint density at radius 2 is 1.79 bits per heavy atom. The molecule has 0 spiro atoms. The van der Waals surface area contributed by atoms with E-state index >= 15 is 0 Å². The van der Waals surface area contributed by atoms with Gasteiger partial charge >= 0.3 is 0 Å². The fourth-order valence-corrected chi connectivity index (χ4v) is 2.00. The molecule has 19 heavy (non-hydrogen) atoms. The molecule has 0 unspecified atom stereocenters. The number of hydrogen-bond donors (Lipinski definition) is 0. The van der Waals surface area contributed by atoms with Crippen molar-refractivity contribution in [2.24, 2.45) is 0 Å². The molecular formula is C14H12BrNO3. The third-order valence-corrected chi connectivity index (χ3v) is 3.23. The van der Waals surface area contributed by atoms with Crippen LogP contribution in [0.3, 0.4) is 0 Å². The summed E-state index contributed by atoms with van der Waals surface area (Å²) in [6.45, 7) is 3.73. The SMILES string of the molecule is Cc1cc([N+](=O)[O-])ccc1Oc1cc(Br)ccc1C. The fourth-order valence-electron chi connectivity index (χ4n) is 1.66. The molecule has 0 aliphatic rings. The van der Waals surface area contributed by atoms with Crippen molar-refractivity contribution in [3.05, 3.63) is 62.1 Å². The monoisotopic (exact) mass is 321 g/mol. The molecule has 0 aliphatic carbocycles. The van der Waals surface area contributed by atoms with Crippen LogP contribution in [0.1, 0.15) is 11.1 Å². The smallest absolute Gasteiger partial charge is 0.269 e. The van der Waals surface area contributed by atoms with Crippen molar-refractivity contribution in [1.82, 2.24) is 0 Å². The van der Waals surface area contributed by atoms with E-state index in [1.54, 1.807) is 13.0 Å². The topological polar surface area (TPSA) is 52.4 Å². The largest absolute Gasteiger partial charge is 0.457 e. The molecule has 2 rings (SSSR count). The predicted molar refractivity (Wildman–Crippen MR) is 76.8 cm³/mol. The third-order valence-electron chi connectivity index (χ3n) is 2.74. The van der Waals surface area contributed by atoms with Gasteiger partial charge in [0.25, 0.3) is 5.69 Å². The van der Waals surface area contributed by atoms with E-state index in [1.807, 2.05) is 25.1 Å². The van der Waals surface area contributed by atoms with Gasteiger partial charge in [-0.3, -0.25) is 10.1 Å². The maximum Gasteiger partial charge on any atom is 0.269 e. The average Bonchev–Trinajstić information content (AvgIpc) is 2.36. The van der Waals surface area contributed by atoms with Gasteiger partial charge in [-0.2, -0.15) is 0 Å². The van der Waals surface area contributed by atoms with E-state index in [4.69, 9.17) is 4.74 Å². The second-order valence-corrected chi connectivity index (χ2v) is 5.13. The van der Waals surface area contributed by atoms with Crippen molar-refractivity contribution in [2.45, 2.75) is 13.8 Å². The lowest BCUT2D eigenvalue weighted by atomic mass is 10.2. The summed E-state index contributed by atoms with van der Waals surface area (Å²) in [5.74, 6) is 1.35. The van der Waals surface area contributed by atoms with E-state index in [0.29, 0.717) is 5.75 Å². The molecule has 0 N–H and O–H groups in total. The molecule has 0 saturated heterocycles. The fraction of sp³-hybridized carbons (Fsp3) is 0.143. The number of ether oxygens (including phenoxy) is 1. The number of nitrogens with zero attached hydrogens (tertiary/aromatic N) is 1. The Morgan fingerprint density at radius 3 is 2.42 bits per heavy atom. The molecule has 2 aromatic rings. The molecule has 2 aromatic carbocycles. The molecule has 0 saturated carbocycles. The first-order valence-corrected chi connectivity index (χ1v) is 6.46. The summed E-state index contributed by atoms with van der Waals surface area (Å²) in [6, 6.07) is 10.3. The zero-order chi connectivity index (χ0) is 14.0. The standard InChI is InChI=1S/C14H12BrNO3/c1-9-3-4-11(15)8-14(9)19-13-6-5-12(16(17)18)7-10(13)2/h3-8H,1-2H3. The van der Waals surface area contributed by atoms with Crippen LogP contribution in [0.2, 0.25) is 0 Å². The second-order valence-electron chi connectivity index (χ2n) is 4.22. The van der Waals surface area contributed by atoms with Crippen molar-refractivity contribution in [3.63, 3.8) is 0 Å². The van der Waals surface area contributed by atoms with Crippen molar-refractivity contribution in [3.8, 4) is 11.5 Å². The lowest BCUT2D eigenvalue weighted by Gasteiger charge is -2.11. The Hall–Kier alpha value is -1.88. The highest BCUT2D eigenvalue weighted by Gasteiger charge is 2.10. The van der Waals surface area contributed by atoms with Crippen molar-refractivity contribution >= 4 is 21.6 Å². The number of rotatable bonds is 3. The van der Waals surface area contributed by atoms with E-state index < -0.39 is 4.92 Å². The minimum absolute atomic E-state index is 0.0656. The van der Waals surface area contributed by atoms with Gasteiger partial charge in [-0.25, -0.2) is 0 Å². The van der Waals surface area contributed by atoms with Crippen LogP contribution in [-0.2, 0) is 0 Å². The van der Waals surface area contributed by atoms with Gasteiger partial charge < -0.3 is 4.74 Å². The quantitative estimate of drug-likeness (QED) is 0.604. The lowest BCUT2D eigenvalue weighted by Crippen LogP contribution is -1.93. The van der Waals surface area contributed by atoms with Crippen molar-refractivity contribution in [2.75, 3.05) is 0 Å². The number of nitro benzene ring substituents is 1. The normalized spacial score (nSPS) is 10.3. The molecule has 5 heteroatoms.